The van der Waals surface area contributed by atoms with Crippen LogP contribution >= 0.6 is 15.9 Å². The molecule has 96 valence electrons. The SMILES string of the molecule is CC(C)(C)CCC(NN)c1cc(F)cc(Br)c1. The number of hydrazine groups is 1. The maximum absolute atomic E-state index is 13.3. The molecule has 0 heterocycles. The smallest absolute Gasteiger partial charge is 0.124 e. The van der Waals surface area contributed by atoms with Crippen LogP contribution in [0.4, 0.5) is 4.39 Å². The fourth-order valence-corrected chi connectivity index (χ4v) is 2.18. The molecule has 0 aliphatic carbocycles. The maximum atomic E-state index is 13.3. The molecule has 0 fully saturated rings. The van der Waals surface area contributed by atoms with E-state index in [0.717, 1.165) is 22.9 Å². The molecular weight excluding hydrogens is 283 g/mol. The van der Waals surface area contributed by atoms with Gasteiger partial charge in [-0.2, -0.15) is 0 Å². The summed E-state index contributed by atoms with van der Waals surface area (Å²) in [5.41, 5.74) is 3.89. The number of nitrogens with two attached hydrogens (primary N) is 1. The Balaban J connectivity index is 2.79. The number of rotatable bonds is 4. The lowest BCUT2D eigenvalue weighted by atomic mass is 9.87. The Morgan fingerprint density at radius 3 is 2.47 bits per heavy atom. The molecule has 0 spiro atoms. The van der Waals surface area contributed by atoms with Gasteiger partial charge in [0.25, 0.3) is 0 Å². The molecule has 1 unspecified atom stereocenters. The van der Waals surface area contributed by atoms with Crippen LogP contribution in [0.5, 0.6) is 0 Å². The Morgan fingerprint density at radius 2 is 2.00 bits per heavy atom. The van der Waals surface area contributed by atoms with E-state index in [9.17, 15) is 4.39 Å². The molecule has 0 bridgehead atoms. The molecule has 0 aliphatic heterocycles. The second-order valence-corrected chi connectivity index (χ2v) is 6.44. The second-order valence-electron chi connectivity index (χ2n) is 5.52. The molecule has 1 atom stereocenters. The van der Waals surface area contributed by atoms with Crippen molar-refractivity contribution in [2.24, 2.45) is 11.3 Å². The normalized spacial score (nSPS) is 13.8. The fraction of sp³-hybridized carbons (Fsp3) is 0.538. The molecular formula is C13H20BrFN2. The number of benzene rings is 1. The van der Waals surface area contributed by atoms with E-state index in [1.54, 1.807) is 0 Å². The van der Waals surface area contributed by atoms with Crippen molar-refractivity contribution in [3.05, 3.63) is 34.1 Å². The third-order valence-corrected chi connectivity index (χ3v) is 3.13. The van der Waals surface area contributed by atoms with E-state index in [-0.39, 0.29) is 17.3 Å². The van der Waals surface area contributed by atoms with Gasteiger partial charge in [0.2, 0.25) is 0 Å². The van der Waals surface area contributed by atoms with E-state index < -0.39 is 0 Å². The minimum absolute atomic E-state index is 0.0128. The number of nitrogens with one attached hydrogen (secondary N) is 1. The highest BCUT2D eigenvalue weighted by Gasteiger charge is 2.16. The first-order valence-corrected chi connectivity index (χ1v) is 6.53. The van der Waals surface area contributed by atoms with Crippen molar-refractivity contribution < 1.29 is 4.39 Å². The van der Waals surface area contributed by atoms with E-state index in [2.05, 4.69) is 42.1 Å². The lowest BCUT2D eigenvalue weighted by Gasteiger charge is -2.23. The van der Waals surface area contributed by atoms with Gasteiger partial charge in [-0.15, -0.1) is 0 Å². The minimum Gasteiger partial charge on any atom is -0.271 e. The summed E-state index contributed by atoms with van der Waals surface area (Å²) in [6, 6.07) is 4.86. The van der Waals surface area contributed by atoms with Crippen LogP contribution in [-0.2, 0) is 0 Å². The Bertz CT molecular complexity index is 354. The Hall–Kier alpha value is -0.450. The first-order valence-electron chi connectivity index (χ1n) is 5.74. The van der Waals surface area contributed by atoms with Gasteiger partial charge in [-0.25, -0.2) is 4.39 Å². The summed E-state index contributed by atoms with van der Waals surface area (Å²) in [4.78, 5) is 0. The maximum Gasteiger partial charge on any atom is 0.124 e. The van der Waals surface area contributed by atoms with Crippen LogP contribution in [-0.4, -0.2) is 0 Å². The van der Waals surface area contributed by atoms with E-state index in [1.807, 2.05) is 6.07 Å². The zero-order valence-electron chi connectivity index (χ0n) is 10.6. The Morgan fingerprint density at radius 1 is 1.35 bits per heavy atom. The summed E-state index contributed by atoms with van der Waals surface area (Å²) < 4.78 is 14.0. The average molecular weight is 303 g/mol. The molecule has 0 amide bonds. The molecule has 0 aliphatic rings. The summed E-state index contributed by atoms with van der Waals surface area (Å²) in [5, 5.41) is 0. The lowest BCUT2D eigenvalue weighted by Crippen LogP contribution is -2.29. The van der Waals surface area contributed by atoms with Crippen LogP contribution in [0, 0.1) is 11.2 Å². The predicted octanol–water partition coefficient (Wildman–Crippen LogP) is 3.92. The van der Waals surface area contributed by atoms with Gasteiger partial charge >= 0.3 is 0 Å². The van der Waals surface area contributed by atoms with Crippen molar-refractivity contribution in [2.75, 3.05) is 0 Å². The van der Waals surface area contributed by atoms with Crippen LogP contribution in [0.1, 0.15) is 45.2 Å². The number of hydrogen-bond acceptors (Lipinski definition) is 2. The van der Waals surface area contributed by atoms with Crippen molar-refractivity contribution >= 4 is 15.9 Å². The standard InChI is InChI=1S/C13H20BrFN2/c1-13(2,3)5-4-12(17-16)9-6-10(14)8-11(15)7-9/h6-8,12,17H,4-5,16H2,1-3H3. The van der Waals surface area contributed by atoms with Gasteiger partial charge in [-0.1, -0.05) is 36.7 Å². The van der Waals surface area contributed by atoms with Crippen molar-refractivity contribution in [1.29, 1.82) is 0 Å². The van der Waals surface area contributed by atoms with Crippen LogP contribution < -0.4 is 11.3 Å². The molecule has 17 heavy (non-hydrogen) atoms. The van der Waals surface area contributed by atoms with E-state index in [1.165, 1.54) is 12.1 Å². The molecule has 3 N–H and O–H groups in total. The van der Waals surface area contributed by atoms with E-state index >= 15 is 0 Å². The highest BCUT2D eigenvalue weighted by Crippen LogP contribution is 2.28. The van der Waals surface area contributed by atoms with Crippen molar-refractivity contribution in [2.45, 2.75) is 39.7 Å². The lowest BCUT2D eigenvalue weighted by molar-refractivity contribution is 0.333. The molecule has 0 radical (unpaired) electrons. The molecule has 0 saturated heterocycles. The number of hydrogen-bond donors (Lipinski definition) is 2. The fourth-order valence-electron chi connectivity index (χ4n) is 1.70. The summed E-state index contributed by atoms with van der Waals surface area (Å²) in [6.45, 7) is 6.55. The molecule has 1 aromatic rings. The van der Waals surface area contributed by atoms with Gasteiger partial charge in [0.1, 0.15) is 5.82 Å². The molecule has 0 aromatic heterocycles. The Labute approximate surface area is 111 Å². The number of halogens is 2. The molecule has 0 saturated carbocycles. The summed E-state index contributed by atoms with van der Waals surface area (Å²) >= 11 is 3.29. The predicted molar refractivity (Wildman–Crippen MR) is 72.9 cm³/mol. The first kappa shape index (κ1) is 14.6. The van der Waals surface area contributed by atoms with Gasteiger partial charge in [0.15, 0.2) is 0 Å². The molecule has 4 heteroatoms. The van der Waals surface area contributed by atoms with E-state index in [4.69, 9.17) is 5.84 Å². The third kappa shape index (κ3) is 5.15. The molecule has 1 aromatic carbocycles. The topological polar surface area (TPSA) is 38.0 Å². The average Bonchev–Trinajstić information content (AvgIpc) is 2.15. The molecule has 1 rings (SSSR count). The largest absolute Gasteiger partial charge is 0.271 e. The van der Waals surface area contributed by atoms with Crippen molar-refractivity contribution in [3.8, 4) is 0 Å². The van der Waals surface area contributed by atoms with E-state index in [0.29, 0.717) is 0 Å². The van der Waals surface area contributed by atoms with Crippen LogP contribution in [0.25, 0.3) is 0 Å². The van der Waals surface area contributed by atoms with Crippen molar-refractivity contribution in [1.82, 2.24) is 5.43 Å². The zero-order valence-corrected chi connectivity index (χ0v) is 12.1. The third-order valence-electron chi connectivity index (χ3n) is 2.67. The zero-order chi connectivity index (χ0) is 13.1. The van der Waals surface area contributed by atoms with Gasteiger partial charge in [0, 0.05) is 10.5 Å². The Kier molecular flexibility index (Phi) is 5.10. The van der Waals surface area contributed by atoms with Crippen LogP contribution in [0.2, 0.25) is 0 Å². The van der Waals surface area contributed by atoms with Gasteiger partial charge < -0.3 is 0 Å². The highest BCUT2D eigenvalue weighted by atomic mass is 79.9. The first-order chi connectivity index (χ1) is 7.81. The summed E-state index contributed by atoms with van der Waals surface area (Å²) in [7, 11) is 0. The highest BCUT2D eigenvalue weighted by molar-refractivity contribution is 9.10. The van der Waals surface area contributed by atoms with Crippen molar-refractivity contribution in [3.63, 3.8) is 0 Å². The summed E-state index contributed by atoms with van der Waals surface area (Å²) in [6.07, 6.45) is 1.91. The molecule has 2 nitrogen and oxygen atoms in total. The van der Waals surface area contributed by atoms with Gasteiger partial charge in [-0.3, -0.25) is 11.3 Å². The van der Waals surface area contributed by atoms with Crippen LogP contribution in [0.3, 0.4) is 0 Å². The van der Waals surface area contributed by atoms with Gasteiger partial charge in [-0.05, 0) is 42.0 Å². The monoisotopic (exact) mass is 302 g/mol. The minimum atomic E-state index is -0.245. The van der Waals surface area contributed by atoms with Crippen LogP contribution in [0.15, 0.2) is 22.7 Å². The quantitative estimate of drug-likeness (QED) is 0.653. The summed E-state index contributed by atoms with van der Waals surface area (Å²) in [5.74, 6) is 5.30. The second kappa shape index (κ2) is 5.94. The van der Waals surface area contributed by atoms with Gasteiger partial charge in [0.05, 0.1) is 0 Å².